The summed E-state index contributed by atoms with van der Waals surface area (Å²) in [6.07, 6.45) is 0. The largest absolute Gasteiger partial charge is 0.534 e. The van der Waals surface area contributed by atoms with Gasteiger partial charge in [0.1, 0.15) is 5.75 Å². The Balaban J connectivity index is 3.03. The lowest BCUT2D eigenvalue weighted by atomic mass is 9.97. The second kappa shape index (κ2) is 4.93. The number of carbonyl (C=O) groups excluding carboxylic acids is 1. The Morgan fingerprint density at radius 2 is 1.60 bits per heavy atom. The highest BCUT2D eigenvalue weighted by Gasteiger charge is 2.48. The normalized spacial score (nSPS) is 15.4. The fourth-order valence-electron chi connectivity index (χ4n) is 1.14. The van der Waals surface area contributed by atoms with Crippen LogP contribution in [0.2, 0.25) is 0 Å². The predicted molar refractivity (Wildman–Crippen MR) is 59.7 cm³/mol. The summed E-state index contributed by atoms with van der Waals surface area (Å²) in [6, 6.07) is 3.34. The Kier molecular flexibility index (Phi) is 3.99. The third-order valence-electron chi connectivity index (χ3n) is 2.35. The molecule has 112 valence electrons. The van der Waals surface area contributed by atoms with Gasteiger partial charge < -0.3 is 9.92 Å². The Bertz CT molecular complexity index is 607. The van der Waals surface area contributed by atoms with E-state index in [1.54, 1.807) is 0 Å². The molecule has 0 unspecified atom stereocenters. The van der Waals surface area contributed by atoms with E-state index in [1.165, 1.54) is 0 Å². The van der Waals surface area contributed by atoms with Gasteiger partial charge in [-0.1, -0.05) is 12.1 Å². The van der Waals surface area contributed by atoms with Crippen molar-refractivity contribution < 1.29 is 35.0 Å². The molecule has 0 aliphatic rings. The van der Waals surface area contributed by atoms with Gasteiger partial charge in [0.2, 0.25) is 5.67 Å². The molecule has 0 saturated heterocycles. The maximum atomic E-state index is 13.8. The molecule has 0 saturated carbocycles. The van der Waals surface area contributed by atoms with Crippen LogP contribution in [-0.2, 0) is 20.6 Å². The molecule has 1 atom stereocenters. The molecule has 1 amide bonds. The van der Waals surface area contributed by atoms with Crippen LogP contribution in [0.4, 0.5) is 17.6 Å². The van der Waals surface area contributed by atoms with Crippen LogP contribution >= 0.6 is 0 Å². The van der Waals surface area contributed by atoms with E-state index in [2.05, 4.69) is 4.18 Å². The van der Waals surface area contributed by atoms with Gasteiger partial charge in [-0.15, -0.1) is 0 Å². The number of nitrogens with two attached hydrogens (primary N) is 1. The predicted octanol–water partition coefficient (Wildman–Crippen LogP) is 1.58. The first-order valence-electron chi connectivity index (χ1n) is 4.98. The zero-order valence-corrected chi connectivity index (χ0v) is 10.8. The molecule has 0 aliphatic carbocycles. The SMILES string of the molecule is C[C@@](F)(C(N)=O)c1ccc(OS(=O)(=O)C(F)(F)F)cc1. The van der Waals surface area contributed by atoms with Crippen molar-refractivity contribution in [1.82, 2.24) is 0 Å². The van der Waals surface area contributed by atoms with Gasteiger partial charge in [-0.05, 0) is 24.6 Å². The Morgan fingerprint density at radius 1 is 1.15 bits per heavy atom. The van der Waals surface area contributed by atoms with Crippen molar-refractivity contribution >= 4 is 16.0 Å². The van der Waals surface area contributed by atoms with Crippen LogP contribution in [0.5, 0.6) is 5.75 Å². The van der Waals surface area contributed by atoms with Gasteiger partial charge in [0, 0.05) is 0 Å². The maximum absolute atomic E-state index is 13.8. The molecule has 1 aromatic carbocycles. The molecule has 0 spiro atoms. The van der Waals surface area contributed by atoms with Crippen LogP contribution in [0.1, 0.15) is 12.5 Å². The van der Waals surface area contributed by atoms with Crippen LogP contribution in [-0.4, -0.2) is 19.8 Å². The van der Waals surface area contributed by atoms with Crippen LogP contribution < -0.4 is 9.92 Å². The summed E-state index contributed by atoms with van der Waals surface area (Å²) >= 11 is 0. The molecule has 0 aliphatic heterocycles. The molecule has 0 bridgehead atoms. The second-order valence-corrected chi connectivity index (χ2v) is 5.41. The van der Waals surface area contributed by atoms with Gasteiger partial charge in [0.25, 0.3) is 5.91 Å². The van der Waals surface area contributed by atoms with Crippen molar-refractivity contribution in [2.45, 2.75) is 18.1 Å². The van der Waals surface area contributed by atoms with Gasteiger partial charge in [-0.25, -0.2) is 4.39 Å². The van der Waals surface area contributed by atoms with E-state index in [0.29, 0.717) is 0 Å². The van der Waals surface area contributed by atoms with Gasteiger partial charge in [0.05, 0.1) is 0 Å². The molecular formula is C10H9F4NO4S. The summed E-state index contributed by atoms with van der Waals surface area (Å²) in [5, 5.41) is 0. The highest BCUT2D eigenvalue weighted by molar-refractivity contribution is 7.87. The zero-order valence-electron chi connectivity index (χ0n) is 9.94. The summed E-state index contributed by atoms with van der Waals surface area (Å²) < 4.78 is 75.2. The van der Waals surface area contributed by atoms with Crippen LogP contribution in [0.25, 0.3) is 0 Å². The van der Waals surface area contributed by atoms with Crippen molar-refractivity contribution in [1.29, 1.82) is 0 Å². The number of rotatable bonds is 4. The molecular weight excluding hydrogens is 306 g/mol. The van der Waals surface area contributed by atoms with Gasteiger partial charge in [-0.2, -0.15) is 21.6 Å². The lowest BCUT2D eigenvalue weighted by molar-refractivity contribution is -0.128. The van der Waals surface area contributed by atoms with Gasteiger partial charge in [0.15, 0.2) is 0 Å². The lowest BCUT2D eigenvalue weighted by Gasteiger charge is -2.17. The van der Waals surface area contributed by atoms with E-state index in [9.17, 15) is 30.8 Å². The zero-order chi connectivity index (χ0) is 15.8. The lowest BCUT2D eigenvalue weighted by Crippen LogP contribution is -2.34. The molecule has 10 heteroatoms. The fraction of sp³-hybridized carbons (Fsp3) is 0.300. The summed E-state index contributed by atoms with van der Waals surface area (Å²) in [5.41, 5.74) is -3.56. The number of carbonyl (C=O) groups is 1. The first-order valence-corrected chi connectivity index (χ1v) is 6.39. The molecule has 2 N–H and O–H groups in total. The van der Waals surface area contributed by atoms with E-state index in [1.807, 2.05) is 0 Å². The Labute approximate surface area is 111 Å². The van der Waals surface area contributed by atoms with Crippen molar-refractivity contribution in [3.05, 3.63) is 29.8 Å². The molecule has 0 aromatic heterocycles. The molecule has 5 nitrogen and oxygen atoms in total. The summed E-state index contributed by atoms with van der Waals surface area (Å²) in [5.74, 6) is -1.97. The monoisotopic (exact) mass is 315 g/mol. The van der Waals surface area contributed by atoms with Crippen LogP contribution in [0.15, 0.2) is 24.3 Å². The maximum Gasteiger partial charge on any atom is 0.534 e. The Hall–Kier alpha value is -1.84. The number of hydrogen-bond acceptors (Lipinski definition) is 4. The minimum atomic E-state index is -5.80. The van der Waals surface area contributed by atoms with E-state index in [0.717, 1.165) is 31.2 Å². The first-order chi connectivity index (χ1) is 8.88. The number of amides is 1. The topological polar surface area (TPSA) is 86.5 Å². The molecule has 0 radical (unpaired) electrons. The van der Waals surface area contributed by atoms with Crippen molar-refractivity contribution in [2.24, 2.45) is 5.73 Å². The minimum absolute atomic E-state index is 0.248. The average Bonchev–Trinajstić information content (AvgIpc) is 2.27. The van der Waals surface area contributed by atoms with Crippen LogP contribution in [0.3, 0.4) is 0 Å². The number of alkyl halides is 4. The van der Waals surface area contributed by atoms with Crippen molar-refractivity contribution in [2.75, 3.05) is 0 Å². The molecule has 0 fully saturated rings. The van der Waals surface area contributed by atoms with E-state index >= 15 is 0 Å². The molecule has 1 aromatic rings. The van der Waals surface area contributed by atoms with Crippen molar-refractivity contribution in [3.8, 4) is 5.75 Å². The smallest absolute Gasteiger partial charge is 0.376 e. The first kappa shape index (κ1) is 16.2. The summed E-state index contributed by atoms with van der Waals surface area (Å²) in [4.78, 5) is 10.8. The Morgan fingerprint density at radius 3 is 1.95 bits per heavy atom. The average molecular weight is 315 g/mol. The number of halogens is 4. The molecule has 0 heterocycles. The van der Waals surface area contributed by atoms with Gasteiger partial charge >= 0.3 is 15.6 Å². The number of hydrogen-bond donors (Lipinski definition) is 1. The quantitative estimate of drug-likeness (QED) is 0.519. The highest BCUT2D eigenvalue weighted by atomic mass is 32.2. The molecule has 1 rings (SSSR count). The standard InChI is InChI=1S/C10H9F4NO4S/c1-9(11,8(15)16)6-2-4-7(5-3-6)19-20(17,18)10(12,13)14/h2-5H,1H3,(H2,15,16)/t9-/m0/s1. The van der Waals surface area contributed by atoms with E-state index in [4.69, 9.17) is 5.73 Å². The summed E-state index contributed by atoms with van der Waals surface area (Å²) in [7, 11) is -5.80. The third-order valence-corrected chi connectivity index (χ3v) is 3.33. The summed E-state index contributed by atoms with van der Waals surface area (Å²) in [6.45, 7) is 0.859. The fourth-order valence-corrected chi connectivity index (χ4v) is 1.60. The van der Waals surface area contributed by atoms with E-state index in [-0.39, 0.29) is 5.56 Å². The molecule has 20 heavy (non-hydrogen) atoms. The minimum Gasteiger partial charge on any atom is -0.376 e. The van der Waals surface area contributed by atoms with Gasteiger partial charge in [-0.3, -0.25) is 4.79 Å². The number of benzene rings is 1. The highest BCUT2D eigenvalue weighted by Crippen LogP contribution is 2.30. The third kappa shape index (κ3) is 3.18. The second-order valence-electron chi connectivity index (χ2n) is 3.87. The number of primary amides is 1. The van der Waals surface area contributed by atoms with Crippen LogP contribution in [0, 0.1) is 0 Å². The van der Waals surface area contributed by atoms with Crippen molar-refractivity contribution in [3.63, 3.8) is 0 Å². The van der Waals surface area contributed by atoms with E-state index < -0.39 is 33.0 Å².